The summed E-state index contributed by atoms with van der Waals surface area (Å²) in [6.45, 7) is 0. The maximum absolute atomic E-state index is 2.20. The van der Waals surface area contributed by atoms with Crippen LogP contribution in [-0.2, 0) is 0 Å². The topological polar surface area (TPSA) is 0 Å². The van der Waals surface area contributed by atoms with E-state index in [0.29, 0.717) is 0 Å². The minimum Gasteiger partial charge on any atom is -0.147 e. The summed E-state index contributed by atoms with van der Waals surface area (Å²) >= 11 is 6.46. The highest BCUT2D eigenvalue weighted by atomic mass is 32.2. The van der Waals surface area contributed by atoms with Crippen LogP contribution in [0.2, 0.25) is 0 Å². The molecule has 2 unspecified atom stereocenters. The summed E-state index contributed by atoms with van der Waals surface area (Å²) in [5.74, 6) is 2.82. The zero-order chi connectivity index (χ0) is 6.10. The molecule has 0 aromatic carbocycles. The molecule has 52 valence electrons. The van der Waals surface area contributed by atoms with Crippen molar-refractivity contribution in [3.63, 3.8) is 0 Å². The Morgan fingerprint density at radius 3 is 1.67 bits per heavy atom. The summed E-state index contributed by atoms with van der Waals surface area (Å²) in [6.07, 6.45) is 2.93. The number of thioether (sulfide) groups is 3. The molecule has 0 saturated carbocycles. The predicted octanol–water partition coefficient (Wildman–Crippen LogP) is 2.65. The van der Waals surface area contributed by atoms with E-state index in [4.69, 9.17) is 0 Å². The predicted molar refractivity (Wildman–Crippen MR) is 49.3 cm³/mol. The smallest absolute Gasteiger partial charge is 0.0521 e. The molecule has 2 rings (SSSR count). The van der Waals surface area contributed by atoms with Gasteiger partial charge in [-0.05, 0) is 24.3 Å². The van der Waals surface area contributed by atoms with Crippen molar-refractivity contribution in [3.05, 3.63) is 0 Å². The fraction of sp³-hybridized carbons (Fsp3) is 1.00. The number of hydrogen-bond donors (Lipinski definition) is 0. The van der Waals surface area contributed by atoms with Crippen LogP contribution in [0.4, 0.5) is 0 Å². The standard InChI is InChI=1S/C6H10S3/c1-3-7-5(1)9-6-2-4-8-6/h5-6H,1-4H2. The number of hydrogen-bond acceptors (Lipinski definition) is 3. The monoisotopic (exact) mass is 178 g/mol. The van der Waals surface area contributed by atoms with Crippen LogP contribution in [0.5, 0.6) is 0 Å². The highest BCUT2D eigenvalue weighted by Crippen LogP contribution is 2.46. The van der Waals surface area contributed by atoms with E-state index in [1.54, 1.807) is 0 Å². The first-order valence-corrected chi connectivity index (χ1v) is 6.38. The van der Waals surface area contributed by atoms with Gasteiger partial charge in [0.25, 0.3) is 0 Å². The van der Waals surface area contributed by atoms with Crippen molar-refractivity contribution < 1.29 is 0 Å². The van der Waals surface area contributed by atoms with Crippen LogP contribution < -0.4 is 0 Å². The minimum atomic E-state index is 0.975. The van der Waals surface area contributed by atoms with Gasteiger partial charge in [-0.3, -0.25) is 0 Å². The van der Waals surface area contributed by atoms with Gasteiger partial charge in [-0.1, -0.05) is 0 Å². The fourth-order valence-corrected chi connectivity index (χ4v) is 5.08. The molecule has 3 heteroatoms. The van der Waals surface area contributed by atoms with Crippen LogP contribution in [-0.4, -0.2) is 20.7 Å². The molecule has 2 fully saturated rings. The third-order valence-corrected chi connectivity index (χ3v) is 6.34. The molecule has 2 aliphatic rings. The lowest BCUT2D eigenvalue weighted by molar-refractivity contribution is 0.970. The van der Waals surface area contributed by atoms with Crippen molar-refractivity contribution in [2.45, 2.75) is 22.0 Å². The SMILES string of the molecule is C1CC(SC2CCS2)S1. The van der Waals surface area contributed by atoms with E-state index in [0.717, 1.165) is 9.16 Å². The van der Waals surface area contributed by atoms with E-state index in [1.807, 2.05) is 0 Å². The van der Waals surface area contributed by atoms with Crippen molar-refractivity contribution >= 4 is 35.3 Å². The Labute approximate surface area is 68.9 Å². The molecule has 0 aromatic heterocycles. The lowest BCUT2D eigenvalue weighted by Gasteiger charge is -2.32. The molecule has 0 aliphatic carbocycles. The average molecular weight is 178 g/mol. The first-order valence-electron chi connectivity index (χ1n) is 3.34. The van der Waals surface area contributed by atoms with Crippen LogP contribution in [0, 0.1) is 0 Å². The van der Waals surface area contributed by atoms with Crippen molar-refractivity contribution in [1.82, 2.24) is 0 Å². The molecule has 2 saturated heterocycles. The van der Waals surface area contributed by atoms with Gasteiger partial charge in [0.05, 0.1) is 9.16 Å². The third kappa shape index (κ3) is 1.55. The van der Waals surface area contributed by atoms with E-state index in [2.05, 4.69) is 35.3 Å². The Hall–Kier alpha value is 1.05. The summed E-state index contributed by atoms with van der Waals surface area (Å²) in [5, 5.41) is 0. The maximum Gasteiger partial charge on any atom is 0.0521 e. The first-order chi connectivity index (χ1) is 4.45. The Kier molecular flexibility index (Phi) is 2.23. The van der Waals surface area contributed by atoms with Gasteiger partial charge >= 0.3 is 0 Å². The second-order valence-electron chi connectivity index (χ2n) is 2.31. The largest absolute Gasteiger partial charge is 0.147 e. The second kappa shape index (κ2) is 2.97. The van der Waals surface area contributed by atoms with E-state index in [1.165, 1.54) is 24.3 Å². The minimum absolute atomic E-state index is 0.975. The zero-order valence-electron chi connectivity index (χ0n) is 5.21. The summed E-state index contributed by atoms with van der Waals surface area (Å²) in [7, 11) is 0. The molecule has 0 N–H and O–H groups in total. The summed E-state index contributed by atoms with van der Waals surface area (Å²) in [4.78, 5) is 0. The molecule has 2 aliphatic heterocycles. The molecule has 2 heterocycles. The highest BCUT2D eigenvalue weighted by molar-refractivity contribution is 8.25. The molecule has 2 atom stereocenters. The van der Waals surface area contributed by atoms with Gasteiger partial charge in [-0.2, -0.15) is 0 Å². The van der Waals surface area contributed by atoms with Crippen molar-refractivity contribution in [1.29, 1.82) is 0 Å². The van der Waals surface area contributed by atoms with Gasteiger partial charge in [-0.15, -0.1) is 35.3 Å². The lowest BCUT2D eigenvalue weighted by Crippen LogP contribution is -2.19. The van der Waals surface area contributed by atoms with E-state index < -0.39 is 0 Å². The van der Waals surface area contributed by atoms with E-state index >= 15 is 0 Å². The number of rotatable bonds is 2. The highest BCUT2D eigenvalue weighted by Gasteiger charge is 2.26. The molecule has 0 amide bonds. The maximum atomic E-state index is 2.20. The van der Waals surface area contributed by atoms with Gasteiger partial charge in [0.1, 0.15) is 0 Å². The van der Waals surface area contributed by atoms with Gasteiger partial charge in [-0.25, -0.2) is 0 Å². The third-order valence-electron chi connectivity index (χ3n) is 1.62. The van der Waals surface area contributed by atoms with E-state index in [-0.39, 0.29) is 0 Å². The van der Waals surface area contributed by atoms with Gasteiger partial charge in [0.2, 0.25) is 0 Å². The van der Waals surface area contributed by atoms with Crippen LogP contribution in [0.3, 0.4) is 0 Å². The van der Waals surface area contributed by atoms with Crippen molar-refractivity contribution in [2.75, 3.05) is 11.5 Å². The van der Waals surface area contributed by atoms with Crippen LogP contribution >= 0.6 is 35.3 Å². The van der Waals surface area contributed by atoms with E-state index in [9.17, 15) is 0 Å². The summed E-state index contributed by atoms with van der Waals surface area (Å²) < 4.78 is 1.95. The van der Waals surface area contributed by atoms with Gasteiger partial charge < -0.3 is 0 Å². The molecule has 0 nitrogen and oxygen atoms in total. The summed E-state index contributed by atoms with van der Waals surface area (Å²) in [5.41, 5.74) is 0. The lowest BCUT2D eigenvalue weighted by atomic mass is 10.5. The van der Waals surface area contributed by atoms with Crippen LogP contribution in [0.15, 0.2) is 0 Å². The molecule has 9 heavy (non-hydrogen) atoms. The van der Waals surface area contributed by atoms with Crippen LogP contribution in [0.1, 0.15) is 12.8 Å². The van der Waals surface area contributed by atoms with Crippen molar-refractivity contribution in [2.24, 2.45) is 0 Å². The first kappa shape index (κ1) is 6.74. The van der Waals surface area contributed by atoms with Crippen molar-refractivity contribution in [3.8, 4) is 0 Å². The molecular formula is C6H10S3. The Morgan fingerprint density at radius 1 is 1.00 bits per heavy atom. The quantitative estimate of drug-likeness (QED) is 0.638. The molecule has 0 radical (unpaired) electrons. The molecule has 0 bridgehead atoms. The Morgan fingerprint density at radius 2 is 1.44 bits per heavy atom. The Bertz CT molecular complexity index is 84.5. The van der Waals surface area contributed by atoms with Crippen LogP contribution in [0.25, 0.3) is 0 Å². The Balaban J connectivity index is 1.64. The summed E-state index contributed by atoms with van der Waals surface area (Å²) in [6, 6.07) is 0. The normalized spacial score (nSPS) is 41.3. The van der Waals surface area contributed by atoms with Gasteiger partial charge in [0.15, 0.2) is 0 Å². The molecular weight excluding hydrogens is 168 g/mol. The fourth-order valence-electron chi connectivity index (χ4n) is 0.812. The molecule has 0 aromatic rings. The second-order valence-corrected chi connectivity index (χ2v) is 6.94. The molecule has 0 spiro atoms. The average Bonchev–Trinajstić information content (AvgIpc) is 1.57. The zero-order valence-corrected chi connectivity index (χ0v) is 7.66. The van der Waals surface area contributed by atoms with Gasteiger partial charge in [0, 0.05) is 0 Å².